The molecule has 2 aromatic carbocycles. The summed E-state index contributed by atoms with van der Waals surface area (Å²) in [6.45, 7) is 8.53. The zero-order valence-electron chi connectivity index (χ0n) is 27.0. The Kier molecular flexibility index (Phi) is 17.5. The molecular formula is C37H60NO3+. The fourth-order valence-electron chi connectivity index (χ4n) is 5.35. The molecule has 0 spiro atoms. The van der Waals surface area contributed by atoms with Crippen molar-refractivity contribution in [3.8, 4) is 5.75 Å². The van der Waals surface area contributed by atoms with Crippen molar-refractivity contribution < 1.29 is 18.8 Å². The minimum absolute atomic E-state index is 0.124. The third-order valence-corrected chi connectivity index (χ3v) is 8.21. The molecule has 0 aliphatic rings. The number of hydrogen-bond acceptors (Lipinski definition) is 3. The zero-order chi connectivity index (χ0) is 29.8. The number of aryl methyl sites for hydroxylation is 1. The maximum Gasteiger partial charge on any atom is 0.309 e. The molecule has 41 heavy (non-hydrogen) atoms. The van der Waals surface area contributed by atoms with E-state index in [0.29, 0.717) is 6.61 Å². The molecule has 2 atom stereocenters. The van der Waals surface area contributed by atoms with Crippen LogP contribution in [0, 0.1) is 5.92 Å². The molecule has 0 aromatic heterocycles. The maximum absolute atomic E-state index is 12.8. The second-order valence-electron chi connectivity index (χ2n) is 12.7. The highest BCUT2D eigenvalue weighted by molar-refractivity contribution is 5.71. The molecule has 0 aliphatic heterocycles. The van der Waals surface area contributed by atoms with Crippen molar-refractivity contribution in [3.05, 3.63) is 65.7 Å². The van der Waals surface area contributed by atoms with Gasteiger partial charge in [-0.25, -0.2) is 0 Å². The fraction of sp³-hybridized carbons (Fsp3) is 0.649. The van der Waals surface area contributed by atoms with Gasteiger partial charge in [-0.05, 0) is 30.9 Å². The average molecular weight is 567 g/mol. The molecule has 230 valence electrons. The standard InChI is InChI=1S/C37H60NO3/c1-6-8-9-10-11-12-13-14-15-16-20-25-34-26-21-22-27-36(34)41-35(7-2)31-40-37(39)32(3)28-29-38(4,5)30-33-23-18-17-19-24-33/h17-19,21-24,26-27,32,35H,6-16,20,25,28-31H2,1-5H3/q+1. The smallest absolute Gasteiger partial charge is 0.309 e. The SMILES string of the molecule is CCCCCCCCCCCCCc1ccccc1OC(CC)COC(=O)C(C)CC[N+](C)(C)Cc1ccccc1. The van der Waals surface area contributed by atoms with Gasteiger partial charge in [0.25, 0.3) is 0 Å². The lowest BCUT2D eigenvalue weighted by Gasteiger charge is -2.30. The fourth-order valence-corrected chi connectivity index (χ4v) is 5.35. The highest BCUT2D eigenvalue weighted by Crippen LogP contribution is 2.23. The largest absolute Gasteiger partial charge is 0.487 e. The molecule has 4 nitrogen and oxygen atoms in total. The van der Waals surface area contributed by atoms with E-state index < -0.39 is 0 Å². The first-order valence-electron chi connectivity index (χ1n) is 16.6. The third kappa shape index (κ3) is 15.5. The lowest BCUT2D eigenvalue weighted by molar-refractivity contribution is -0.904. The van der Waals surface area contributed by atoms with Crippen LogP contribution in [0.4, 0.5) is 0 Å². The summed E-state index contributed by atoms with van der Waals surface area (Å²) in [6.07, 6.45) is 17.4. The number of ether oxygens (including phenoxy) is 2. The van der Waals surface area contributed by atoms with Crippen molar-refractivity contribution in [2.45, 2.75) is 123 Å². The molecule has 2 aromatic rings. The second-order valence-corrected chi connectivity index (χ2v) is 12.7. The summed E-state index contributed by atoms with van der Waals surface area (Å²) in [7, 11) is 4.44. The Morgan fingerprint density at radius 3 is 2.00 bits per heavy atom. The van der Waals surface area contributed by atoms with Crippen molar-refractivity contribution in [2.24, 2.45) is 5.92 Å². The molecule has 0 fully saturated rings. The molecule has 2 unspecified atom stereocenters. The minimum atomic E-state index is -0.131. The van der Waals surface area contributed by atoms with Gasteiger partial charge >= 0.3 is 5.97 Å². The molecule has 0 saturated heterocycles. The van der Waals surface area contributed by atoms with Gasteiger partial charge in [-0.2, -0.15) is 0 Å². The van der Waals surface area contributed by atoms with Crippen LogP contribution in [0.5, 0.6) is 5.75 Å². The highest BCUT2D eigenvalue weighted by atomic mass is 16.6. The van der Waals surface area contributed by atoms with Crippen LogP contribution in [-0.4, -0.2) is 43.8 Å². The molecule has 0 heterocycles. The zero-order valence-corrected chi connectivity index (χ0v) is 27.0. The third-order valence-electron chi connectivity index (χ3n) is 8.21. The first-order chi connectivity index (χ1) is 19.8. The quantitative estimate of drug-likeness (QED) is 0.0763. The summed E-state index contributed by atoms with van der Waals surface area (Å²) in [5, 5.41) is 0. The molecule has 0 saturated carbocycles. The summed E-state index contributed by atoms with van der Waals surface area (Å²) < 4.78 is 13.0. The Morgan fingerprint density at radius 1 is 0.780 bits per heavy atom. The van der Waals surface area contributed by atoms with E-state index in [0.717, 1.165) is 42.6 Å². The summed E-state index contributed by atoms with van der Waals surface area (Å²) in [5.74, 6) is 0.686. The van der Waals surface area contributed by atoms with Gasteiger partial charge in [0.2, 0.25) is 0 Å². The first kappa shape index (κ1) is 34.9. The molecule has 0 aliphatic carbocycles. The molecule has 0 N–H and O–H groups in total. The van der Waals surface area contributed by atoms with Gasteiger partial charge in [0.15, 0.2) is 0 Å². The summed E-state index contributed by atoms with van der Waals surface area (Å²) in [5.41, 5.74) is 2.58. The topological polar surface area (TPSA) is 35.5 Å². The van der Waals surface area contributed by atoms with Gasteiger partial charge in [0.1, 0.15) is 25.0 Å². The Hall–Kier alpha value is -2.33. The Bertz CT molecular complexity index is 942. The van der Waals surface area contributed by atoms with Crippen LogP contribution in [0.3, 0.4) is 0 Å². The number of esters is 1. The summed E-state index contributed by atoms with van der Waals surface area (Å²) in [6, 6.07) is 18.9. The Morgan fingerprint density at radius 2 is 1.37 bits per heavy atom. The molecule has 4 heteroatoms. The monoisotopic (exact) mass is 566 g/mol. The molecule has 0 radical (unpaired) electrons. The van der Waals surface area contributed by atoms with Gasteiger partial charge in [0.05, 0.1) is 26.6 Å². The molecular weight excluding hydrogens is 506 g/mol. The van der Waals surface area contributed by atoms with Crippen molar-refractivity contribution in [2.75, 3.05) is 27.2 Å². The van der Waals surface area contributed by atoms with E-state index in [4.69, 9.17) is 9.47 Å². The van der Waals surface area contributed by atoms with E-state index in [2.05, 4.69) is 70.4 Å². The van der Waals surface area contributed by atoms with Crippen LogP contribution < -0.4 is 4.74 Å². The predicted octanol–water partition coefficient (Wildman–Crippen LogP) is 9.54. The van der Waals surface area contributed by atoms with Gasteiger partial charge in [-0.3, -0.25) is 4.79 Å². The van der Waals surface area contributed by atoms with Crippen molar-refractivity contribution in [3.63, 3.8) is 0 Å². The predicted molar refractivity (Wildman–Crippen MR) is 173 cm³/mol. The van der Waals surface area contributed by atoms with Crippen LogP contribution in [0.2, 0.25) is 0 Å². The van der Waals surface area contributed by atoms with Gasteiger partial charge in [0, 0.05) is 12.0 Å². The van der Waals surface area contributed by atoms with Crippen LogP contribution in [0.15, 0.2) is 54.6 Å². The number of unbranched alkanes of at least 4 members (excludes halogenated alkanes) is 10. The Balaban J connectivity index is 1.68. The average Bonchev–Trinajstić information content (AvgIpc) is 2.97. The lowest BCUT2D eigenvalue weighted by Crippen LogP contribution is -2.40. The van der Waals surface area contributed by atoms with E-state index >= 15 is 0 Å². The number of quaternary nitrogens is 1. The number of rotatable bonds is 23. The first-order valence-corrected chi connectivity index (χ1v) is 16.6. The number of nitrogens with zero attached hydrogens (tertiary/aromatic N) is 1. The Labute approximate surface area is 252 Å². The molecule has 0 amide bonds. The van der Waals surface area contributed by atoms with Crippen LogP contribution >= 0.6 is 0 Å². The minimum Gasteiger partial charge on any atom is -0.487 e. The van der Waals surface area contributed by atoms with E-state index in [1.54, 1.807) is 0 Å². The van der Waals surface area contributed by atoms with Crippen LogP contribution in [-0.2, 0) is 22.5 Å². The van der Waals surface area contributed by atoms with Crippen LogP contribution in [0.25, 0.3) is 0 Å². The van der Waals surface area contributed by atoms with E-state index in [1.807, 2.05) is 19.1 Å². The maximum atomic E-state index is 12.8. The number of hydrogen-bond donors (Lipinski definition) is 0. The number of benzene rings is 2. The van der Waals surface area contributed by atoms with Crippen molar-refractivity contribution in [1.29, 1.82) is 0 Å². The lowest BCUT2D eigenvalue weighted by atomic mass is 10.0. The van der Waals surface area contributed by atoms with Gasteiger partial charge in [-0.15, -0.1) is 0 Å². The van der Waals surface area contributed by atoms with E-state index in [-0.39, 0.29) is 18.0 Å². The molecule has 2 rings (SSSR count). The second kappa shape index (κ2) is 20.5. The number of carbonyl (C=O) groups is 1. The normalized spacial score (nSPS) is 13.1. The highest BCUT2D eigenvalue weighted by Gasteiger charge is 2.23. The van der Waals surface area contributed by atoms with Crippen LogP contribution in [0.1, 0.15) is 115 Å². The van der Waals surface area contributed by atoms with E-state index in [9.17, 15) is 4.79 Å². The summed E-state index contributed by atoms with van der Waals surface area (Å²) in [4.78, 5) is 12.8. The van der Waals surface area contributed by atoms with Crippen molar-refractivity contribution in [1.82, 2.24) is 0 Å². The van der Waals surface area contributed by atoms with Gasteiger partial charge in [-0.1, -0.05) is 134 Å². The van der Waals surface area contributed by atoms with Crippen molar-refractivity contribution >= 4 is 5.97 Å². The van der Waals surface area contributed by atoms with Gasteiger partial charge < -0.3 is 14.0 Å². The molecule has 0 bridgehead atoms. The summed E-state index contributed by atoms with van der Waals surface area (Å²) >= 11 is 0. The number of carbonyl (C=O) groups excluding carboxylic acids is 1. The van der Waals surface area contributed by atoms with E-state index in [1.165, 1.54) is 81.8 Å². The number of para-hydroxylation sites is 1.